The molecule has 1 N–H and O–H groups in total. The maximum absolute atomic E-state index is 13.2. The van der Waals surface area contributed by atoms with Crippen LogP contribution in [0.2, 0.25) is 0 Å². The van der Waals surface area contributed by atoms with Gasteiger partial charge in [-0.15, -0.1) is 0 Å². The highest BCUT2D eigenvalue weighted by Gasteiger charge is 2.29. The van der Waals surface area contributed by atoms with Gasteiger partial charge in [0, 0.05) is 16.8 Å². The summed E-state index contributed by atoms with van der Waals surface area (Å²) in [5.74, 6) is -0.0315. The first-order valence-corrected chi connectivity index (χ1v) is 10.3. The second-order valence-electron chi connectivity index (χ2n) is 7.14. The van der Waals surface area contributed by atoms with Gasteiger partial charge in [-0.3, -0.25) is 14.5 Å². The zero-order chi connectivity index (χ0) is 20.4. The van der Waals surface area contributed by atoms with E-state index in [1.165, 1.54) is 22.2 Å². The molecule has 0 saturated heterocycles. The van der Waals surface area contributed by atoms with Crippen molar-refractivity contribution in [2.45, 2.75) is 29.7 Å². The molecular formula is C23H21N3O2S. The fourth-order valence-corrected chi connectivity index (χ4v) is 4.23. The number of rotatable bonds is 4. The molecule has 1 aromatic heterocycles. The summed E-state index contributed by atoms with van der Waals surface area (Å²) in [5, 5.41) is 3.60. The van der Waals surface area contributed by atoms with E-state index in [0.29, 0.717) is 27.9 Å². The third kappa shape index (κ3) is 4.03. The van der Waals surface area contributed by atoms with E-state index in [-0.39, 0.29) is 18.4 Å². The molecule has 4 rings (SSSR count). The van der Waals surface area contributed by atoms with Gasteiger partial charge in [-0.05, 0) is 47.9 Å². The number of nitrogens with one attached hydrogen (secondary N) is 1. The molecule has 0 atom stereocenters. The molecule has 146 valence electrons. The van der Waals surface area contributed by atoms with Crippen molar-refractivity contribution in [1.82, 2.24) is 4.98 Å². The predicted octanol–water partition coefficient (Wildman–Crippen LogP) is 4.96. The molecule has 1 aliphatic rings. The molecule has 0 spiro atoms. The second-order valence-corrected chi connectivity index (χ2v) is 8.17. The summed E-state index contributed by atoms with van der Waals surface area (Å²) in [7, 11) is 0. The monoisotopic (exact) mass is 403 g/mol. The Kier molecular flexibility index (Phi) is 5.36. The molecule has 0 fully saturated rings. The lowest BCUT2D eigenvalue weighted by Gasteiger charge is -2.22. The number of hydrogen-bond donors (Lipinski definition) is 1. The van der Waals surface area contributed by atoms with Gasteiger partial charge in [0.25, 0.3) is 5.91 Å². The van der Waals surface area contributed by atoms with Crippen molar-refractivity contribution < 1.29 is 9.59 Å². The van der Waals surface area contributed by atoms with Crippen molar-refractivity contribution in [3.8, 4) is 0 Å². The molecular weight excluding hydrogens is 382 g/mol. The Morgan fingerprint density at radius 1 is 1.07 bits per heavy atom. The van der Waals surface area contributed by atoms with Crippen molar-refractivity contribution >= 4 is 35.0 Å². The van der Waals surface area contributed by atoms with Crippen LogP contribution >= 0.6 is 11.8 Å². The number of aromatic nitrogens is 1. The summed E-state index contributed by atoms with van der Waals surface area (Å²) in [6, 6.07) is 18.8. The number of nitrogens with zero attached hydrogens (tertiary/aromatic N) is 2. The zero-order valence-corrected chi connectivity index (χ0v) is 17.1. The molecule has 0 unspecified atom stereocenters. The second kappa shape index (κ2) is 8.09. The molecule has 3 aromatic rings. The van der Waals surface area contributed by atoms with Gasteiger partial charge in [0.1, 0.15) is 11.6 Å². The van der Waals surface area contributed by atoms with Gasteiger partial charge in [-0.25, -0.2) is 4.98 Å². The molecule has 29 heavy (non-hydrogen) atoms. The van der Waals surface area contributed by atoms with Gasteiger partial charge in [0.2, 0.25) is 5.91 Å². The minimum absolute atomic E-state index is 0.0850. The average molecular weight is 404 g/mol. The van der Waals surface area contributed by atoms with Crippen molar-refractivity contribution in [3.05, 3.63) is 78.0 Å². The molecule has 2 aromatic carbocycles. The lowest BCUT2D eigenvalue weighted by Crippen LogP contribution is -2.38. The Labute approximate surface area is 174 Å². The minimum Gasteiger partial charge on any atom is -0.325 e. The minimum atomic E-state index is -0.255. The average Bonchev–Trinajstić information content (AvgIpc) is 2.83. The number of pyridine rings is 1. The van der Waals surface area contributed by atoms with E-state index in [4.69, 9.17) is 0 Å². The molecule has 2 heterocycles. The Bertz CT molecular complexity index is 1060. The van der Waals surface area contributed by atoms with Gasteiger partial charge >= 0.3 is 0 Å². The third-order valence-corrected chi connectivity index (χ3v) is 5.86. The highest BCUT2D eigenvalue weighted by Crippen LogP contribution is 2.39. The highest BCUT2D eigenvalue weighted by atomic mass is 32.2. The summed E-state index contributed by atoms with van der Waals surface area (Å²) in [6.07, 6.45) is 1.69. The smallest absolute Gasteiger partial charge is 0.259 e. The van der Waals surface area contributed by atoms with E-state index in [0.717, 1.165) is 4.90 Å². The highest BCUT2D eigenvalue weighted by molar-refractivity contribution is 7.99. The topological polar surface area (TPSA) is 62.3 Å². The van der Waals surface area contributed by atoms with Gasteiger partial charge in [0.15, 0.2) is 0 Å². The van der Waals surface area contributed by atoms with Gasteiger partial charge < -0.3 is 5.32 Å². The van der Waals surface area contributed by atoms with Crippen LogP contribution in [0, 0.1) is 0 Å². The molecule has 0 bridgehead atoms. The maximum Gasteiger partial charge on any atom is 0.259 e. The van der Waals surface area contributed by atoms with E-state index in [9.17, 15) is 9.59 Å². The van der Waals surface area contributed by atoms with Crippen LogP contribution in [0.5, 0.6) is 0 Å². The molecule has 5 nitrogen and oxygen atoms in total. The number of hydrogen-bond acceptors (Lipinski definition) is 4. The number of carbonyl (C=O) groups is 2. The fourth-order valence-electron chi connectivity index (χ4n) is 3.21. The molecule has 2 amide bonds. The van der Waals surface area contributed by atoms with Crippen LogP contribution in [0.15, 0.2) is 76.8 Å². The molecule has 6 heteroatoms. The van der Waals surface area contributed by atoms with Crippen LogP contribution in [-0.2, 0) is 4.79 Å². The summed E-state index contributed by atoms with van der Waals surface area (Å²) in [6.45, 7) is 4.16. The van der Waals surface area contributed by atoms with Crippen LogP contribution in [-0.4, -0.2) is 23.3 Å². The van der Waals surface area contributed by atoms with Crippen molar-refractivity contribution in [2.24, 2.45) is 0 Å². The third-order valence-electron chi connectivity index (χ3n) is 4.77. The summed E-state index contributed by atoms with van der Waals surface area (Å²) < 4.78 is 0. The van der Waals surface area contributed by atoms with Crippen molar-refractivity contribution in [3.63, 3.8) is 0 Å². The number of anilines is 2. The normalized spacial score (nSPS) is 12.9. The van der Waals surface area contributed by atoms with E-state index >= 15 is 0 Å². The van der Waals surface area contributed by atoms with E-state index in [1.54, 1.807) is 18.3 Å². The van der Waals surface area contributed by atoms with Crippen LogP contribution < -0.4 is 10.2 Å². The quantitative estimate of drug-likeness (QED) is 0.669. The fraction of sp³-hybridized carbons (Fsp3) is 0.174. The van der Waals surface area contributed by atoms with Crippen LogP contribution in [0.3, 0.4) is 0 Å². The van der Waals surface area contributed by atoms with Gasteiger partial charge in [-0.2, -0.15) is 0 Å². The number of fused-ring (bicyclic) bond motifs is 2. The number of amides is 2. The Morgan fingerprint density at radius 2 is 1.83 bits per heavy atom. The van der Waals surface area contributed by atoms with E-state index in [2.05, 4.69) is 24.1 Å². The molecule has 0 saturated carbocycles. The summed E-state index contributed by atoms with van der Waals surface area (Å²) in [5.41, 5.74) is 3.13. The molecule has 1 aliphatic heterocycles. The number of carbonyl (C=O) groups excluding carboxylic acids is 2. The molecule has 0 radical (unpaired) electrons. The largest absolute Gasteiger partial charge is 0.325 e. The standard InChI is InChI=1S/C23H21N3O2S/c1-15(2)16-9-11-17(12-10-16)25-21(27)14-26-19-7-5-13-24-22(19)29-20-8-4-3-6-18(20)23(26)28/h3-13,15H,14H2,1-2H3,(H,25,27). The van der Waals surface area contributed by atoms with Crippen LogP contribution in [0.4, 0.5) is 11.4 Å². The molecule has 0 aliphatic carbocycles. The lowest BCUT2D eigenvalue weighted by molar-refractivity contribution is -0.114. The summed E-state index contributed by atoms with van der Waals surface area (Å²) in [4.78, 5) is 32.7. The predicted molar refractivity (Wildman–Crippen MR) is 116 cm³/mol. The van der Waals surface area contributed by atoms with Crippen LogP contribution in [0.1, 0.15) is 35.7 Å². The first kappa shape index (κ1) is 19.2. The first-order chi connectivity index (χ1) is 14.0. The Balaban J connectivity index is 1.59. The number of benzene rings is 2. The van der Waals surface area contributed by atoms with E-state index in [1.807, 2.05) is 48.5 Å². The lowest BCUT2D eigenvalue weighted by atomic mass is 10.0. The van der Waals surface area contributed by atoms with Crippen LogP contribution in [0.25, 0.3) is 0 Å². The Hall–Kier alpha value is -3.12. The van der Waals surface area contributed by atoms with Gasteiger partial charge in [0.05, 0.1) is 11.3 Å². The maximum atomic E-state index is 13.2. The van der Waals surface area contributed by atoms with Crippen molar-refractivity contribution in [1.29, 1.82) is 0 Å². The summed E-state index contributed by atoms with van der Waals surface area (Å²) >= 11 is 1.44. The first-order valence-electron chi connectivity index (χ1n) is 9.46. The SMILES string of the molecule is CC(C)c1ccc(NC(=O)CN2C(=O)c3ccccc3Sc3ncccc32)cc1. The zero-order valence-electron chi connectivity index (χ0n) is 16.3. The van der Waals surface area contributed by atoms with Crippen molar-refractivity contribution in [2.75, 3.05) is 16.8 Å². The Morgan fingerprint density at radius 3 is 2.59 bits per heavy atom. The van der Waals surface area contributed by atoms with Gasteiger partial charge in [-0.1, -0.05) is 49.9 Å². The van der Waals surface area contributed by atoms with E-state index < -0.39 is 0 Å².